The number of aromatic nitrogens is 3. The Morgan fingerprint density at radius 2 is 1.95 bits per heavy atom. The van der Waals surface area contributed by atoms with E-state index in [9.17, 15) is 0 Å². The summed E-state index contributed by atoms with van der Waals surface area (Å²) < 4.78 is 0. The number of amidine groups is 1. The number of aromatic amines is 1. The molecule has 0 spiro atoms. The summed E-state index contributed by atoms with van der Waals surface area (Å²) in [5.41, 5.74) is 8.61. The minimum atomic E-state index is 0. The third kappa shape index (κ3) is 2.89. The normalized spacial score (nSPS) is 9.60. The molecule has 3 aromatic rings. The van der Waals surface area contributed by atoms with Gasteiger partial charge >= 0.3 is 0 Å². The maximum absolute atomic E-state index is 7.41. The van der Waals surface area contributed by atoms with Crippen LogP contribution in [0.4, 0.5) is 0 Å². The molecule has 7 heteroatoms. The van der Waals surface area contributed by atoms with Crippen LogP contribution in [-0.4, -0.2) is 20.8 Å². The highest BCUT2D eigenvalue weighted by Crippen LogP contribution is 2.19. The van der Waals surface area contributed by atoms with Gasteiger partial charge in [0.05, 0.1) is 11.0 Å². The van der Waals surface area contributed by atoms with E-state index < -0.39 is 0 Å². The van der Waals surface area contributed by atoms with E-state index >= 15 is 0 Å². The van der Waals surface area contributed by atoms with Gasteiger partial charge in [-0.2, -0.15) is 0 Å². The number of nitrogens with two attached hydrogens (primary N) is 1. The number of benzene rings is 1. The van der Waals surface area contributed by atoms with Crippen molar-refractivity contribution in [2.24, 2.45) is 5.73 Å². The van der Waals surface area contributed by atoms with E-state index in [1.54, 1.807) is 12.3 Å². The number of nitrogens with one attached hydrogen (secondary N) is 2. The standard InChI is InChI=1S/C13H11N5.2ClH/c14-12(15)8-4-5-9-11(7-8)18-13(17-9)10-3-1-2-6-16-10;;/h1-7H,(H3,14,15)(H,17,18);2*1H. The van der Waals surface area contributed by atoms with Gasteiger partial charge in [-0.25, -0.2) is 4.98 Å². The minimum Gasteiger partial charge on any atom is -0.384 e. The fourth-order valence-electron chi connectivity index (χ4n) is 1.80. The number of pyridine rings is 1. The van der Waals surface area contributed by atoms with Gasteiger partial charge < -0.3 is 10.7 Å². The van der Waals surface area contributed by atoms with Crippen molar-refractivity contribution in [3.05, 3.63) is 48.2 Å². The Labute approximate surface area is 128 Å². The number of H-pyrrole nitrogens is 1. The maximum atomic E-state index is 7.41. The van der Waals surface area contributed by atoms with Gasteiger partial charge in [-0.05, 0) is 30.3 Å². The highest BCUT2D eigenvalue weighted by molar-refractivity contribution is 5.98. The molecular weight excluding hydrogens is 297 g/mol. The predicted octanol–water partition coefficient (Wildman–Crippen LogP) is 2.75. The fourth-order valence-corrected chi connectivity index (χ4v) is 1.80. The van der Waals surface area contributed by atoms with Crippen LogP contribution in [0.2, 0.25) is 0 Å². The number of fused-ring (bicyclic) bond motifs is 1. The van der Waals surface area contributed by atoms with Crippen LogP contribution in [0.3, 0.4) is 0 Å². The Balaban J connectivity index is 0.000001000. The van der Waals surface area contributed by atoms with Crippen LogP contribution >= 0.6 is 24.8 Å². The molecule has 0 unspecified atom stereocenters. The second-order valence-electron chi connectivity index (χ2n) is 3.95. The van der Waals surface area contributed by atoms with Crippen molar-refractivity contribution in [1.82, 2.24) is 15.0 Å². The molecule has 0 aliphatic rings. The Bertz CT molecular complexity index is 724. The average molecular weight is 310 g/mol. The van der Waals surface area contributed by atoms with Gasteiger partial charge in [0, 0.05) is 11.8 Å². The Morgan fingerprint density at radius 1 is 1.15 bits per heavy atom. The van der Waals surface area contributed by atoms with Gasteiger partial charge in [-0.15, -0.1) is 24.8 Å². The lowest BCUT2D eigenvalue weighted by molar-refractivity contribution is 1.24. The lowest BCUT2D eigenvalue weighted by Crippen LogP contribution is -2.10. The molecule has 0 amide bonds. The van der Waals surface area contributed by atoms with E-state index in [0.29, 0.717) is 11.4 Å². The van der Waals surface area contributed by atoms with Crippen LogP contribution in [0.1, 0.15) is 5.56 Å². The lowest BCUT2D eigenvalue weighted by atomic mass is 10.2. The van der Waals surface area contributed by atoms with Crippen molar-refractivity contribution >= 4 is 41.7 Å². The number of nitrogens with zero attached hydrogens (tertiary/aromatic N) is 2. The zero-order chi connectivity index (χ0) is 12.5. The zero-order valence-corrected chi connectivity index (χ0v) is 12.0. The van der Waals surface area contributed by atoms with Gasteiger partial charge in [0.2, 0.25) is 0 Å². The number of imidazole rings is 1. The largest absolute Gasteiger partial charge is 0.384 e. The van der Waals surface area contributed by atoms with Gasteiger partial charge in [-0.1, -0.05) is 6.07 Å². The highest BCUT2D eigenvalue weighted by Gasteiger charge is 2.07. The molecular formula is C13H13Cl2N5. The van der Waals surface area contributed by atoms with Crippen molar-refractivity contribution < 1.29 is 0 Å². The van der Waals surface area contributed by atoms with Crippen molar-refractivity contribution in [1.29, 1.82) is 5.41 Å². The lowest BCUT2D eigenvalue weighted by Gasteiger charge is -1.96. The molecule has 0 saturated carbocycles. The summed E-state index contributed by atoms with van der Waals surface area (Å²) in [6.07, 6.45) is 1.73. The van der Waals surface area contributed by atoms with Crippen LogP contribution in [0.15, 0.2) is 42.6 Å². The number of halogens is 2. The molecule has 2 aromatic heterocycles. The summed E-state index contributed by atoms with van der Waals surface area (Å²) in [6, 6.07) is 11.1. The Hall–Kier alpha value is -2.11. The van der Waals surface area contributed by atoms with Crippen molar-refractivity contribution in [3.63, 3.8) is 0 Å². The van der Waals surface area contributed by atoms with E-state index in [-0.39, 0.29) is 30.6 Å². The molecule has 1 aromatic carbocycles. The fraction of sp³-hybridized carbons (Fsp3) is 0. The van der Waals surface area contributed by atoms with Crippen LogP contribution in [0, 0.1) is 5.41 Å². The molecule has 5 nitrogen and oxygen atoms in total. The molecule has 0 atom stereocenters. The Morgan fingerprint density at radius 3 is 2.60 bits per heavy atom. The quantitative estimate of drug-likeness (QED) is 0.502. The van der Waals surface area contributed by atoms with Gasteiger partial charge in [0.1, 0.15) is 11.5 Å². The summed E-state index contributed by atoms with van der Waals surface area (Å²) in [6.45, 7) is 0. The third-order valence-electron chi connectivity index (χ3n) is 2.70. The first-order chi connectivity index (χ1) is 8.74. The molecule has 0 aliphatic carbocycles. The first kappa shape index (κ1) is 15.9. The van der Waals surface area contributed by atoms with Crippen molar-refractivity contribution in [3.8, 4) is 11.5 Å². The highest BCUT2D eigenvalue weighted by atomic mass is 35.5. The van der Waals surface area contributed by atoms with E-state index in [1.165, 1.54) is 0 Å². The van der Waals surface area contributed by atoms with E-state index in [0.717, 1.165) is 16.7 Å². The van der Waals surface area contributed by atoms with Crippen molar-refractivity contribution in [2.75, 3.05) is 0 Å². The molecule has 104 valence electrons. The predicted molar refractivity (Wildman–Crippen MR) is 84.8 cm³/mol. The number of nitrogen functional groups attached to an aromatic ring is 1. The molecule has 0 saturated heterocycles. The molecule has 3 rings (SSSR count). The number of hydrogen-bond acceptors (Lipinski definition) is 3. The minimum absolute atomic E-state index is 0. The van der Waals surface area contributed by atoms with Crippen LogP contribution < -0.4 is 5.73 Å². The molecule has 20 heavy (non-hydrogen) atoms. The summed E-state index contributed by atoms with van der Waals surface area (Å²) >= 11 is 0. The molecule has 0 bridgehead atoms. The van der Waals surface area contributed by atoms with Gasteiger partial charge in [-0.3, -0.25) is 10.4 Å². The summed E-state index contributed by atoms with van der Waals surface area (Å²) in [5, 5.41) is 7.41. The third-order valence-corrected chi connectivity index (χ3v) is 2.70. The molecule has 0 aliphatic heterocycles. The first-order valence-corrected chi connectivity index (χ1v) is 5.49. The number of rotatable bonds is 2. The maximum Gasteiger partial charge on any atom is 0.157 e. The van der Waals surface area contributed by atoms with E-state index in [4.69, 9.17) is 11.1 Å². The average Bonchev–Trinajstić information content (AvgIpc) is 2.82. The second-order valence-corrected chi connectivity index (χ2v) is 3.95. The monoisotopic (exact) mass is 309 g/mol. The smallest absolute Gasteiger partial charge is 0.157 e. The zero-order valence-electron chi connectivity index (χ0n) is 10.3. The van der Waals surface area contributed by atoms with Crippen LogP contribution in [0.5, 0.6) is 0 Å². The van der Waals surface area contributed by atoms with Gasteiger partial charge in [0.25, 0.3) is 0 Å². The van der Waals surface area contributed by atoms with Crippen LogP contribution in [0.25, 0.3) is 22.6 Å². The van der Waals surface area contributed by atoms with Gasteiger partial charge in [0.15, 0.2) is 5.82 Å². The summed E-state index contributed by atoms with van der Waals surface area (Å²) in [7, 11) is 0. The van der Waals surface area contributed by atoms with Crippen LogP contribution in [-0.2, 0) is 0 Å². The van der Waals surface area contributed by atoms with Crippen molar-refractivity contribution in [2.45, 2.75) is 0 Å². The topological polar surface area (TPSA) is 91.4 Å². The summed E-state index contributed by atoms with van der Waals surface area (Å²) in [4.78, 5) is 11.9. The second kappa shape index (κ2) is 6.36. The molecule has 0 fully saturated rings. The van der Waals surface area contributed by atoms with E-state index in [1.807, 2.05) is 30.3 Å². The SMILES string of the molecule is Cl.Cl.N=C(N)c1ccc2nc(-c3ccccn3)[nH]c2c1. The first-order valence-electron chi connectivity index (χ1n) is 5.49. The van der Waals surface area contributed by atoms with E-state index in [2.05, 4.69) is 15.0 Å². The molecule has 2 heterocycles. The number of hydrogen-bond donors (Lipinski definition) is 3. The summed E-state index contributed by atoms with van der Waals surface area (Å²) in [5.74, 6) is 0.761. The molecule has 4 N–H and O–H groups in total. The molecule has 0 radical (unpaired) electrons. The Kier molecular flexibility index (Phi) is 5.07.